The van der Waals surface area contributed by atoms with Crippen LogP contribution in [0.3, 0.4) is 0 Å². The molecular weight excluding hydrogens is 496 g/mol. The van der Waals surface area contributed by atoms with Crippen molar-refractivity contribution in [2.24, 2.45) is 23.2 Å². The summed E-state index contributed by atoms with van der Waals surface area (Å²) in [6, 6.07) is 0. The molecule has 2 aliphatic rings. The van der Waals surface area contributed by atoms with Gasteiger partial charge in [0.25, 0.3) is 0 Å². The number of aliphatic carboxylic acids is 2. The van der Waals surface area contributed by atoms with Gasteiger partial charge in [0, 0.05) is 0 Å². The van der Waals surface area contributed by atoms with Gasteiger partial charge >= 0.3 is 23.9 Å². The summed E-state index contributed by atoms with van der Waals surface area (Å²) in [5.74, 6) is -5.13. The molecule has 0 saturated heterocycles. The molecule has 38 heavy (non-hydrogen) atoms. The van der Waals surface area contributed by atoms with Crippen LogP contribution in [0.5, 0.6) is 0 Å². The average Bonchev–Trinajstić information content (AvgIpc) is 2.83. The van der Waals surface area contributed by atoms with Gasteiger partial charge in [0.2, 0.25) is 0 Å². The number of aliphatic hydroxyl groups excluding tert-OH is 1. The number of hydrogen-bond donors (Lipinski definition) is 4. The summed E-state index contributed by atoms with van der Waals surface area (Å²) >= 11 is 0. The van der Waals surface area contributed by atoms with Crippen molar-refractivity contribution < 1.29 is 49.1 Å². The van der Waals surface area contributed by atoms with Crippen LogP contribution in [0.15, 0.2) is 0 Å². The van der Waals surface area contributed by atoms with Crippen LogP contribution < -0.4 is 0 Å². The van der Waals surface area contributed by atoms with E-state index in [1.807, 2.05) is 0 Å². The summed E-state index contributed by atoms with van der Waals surface area (Å²) in [5.41, 5.74) is -3.92. The number of rotatable bonds is 8. The standard InChI is InChI=1S/2C14H24O5/c1-13(11(15)16,14(2,19)12(17)18)10-8-6-4-3-5-7-9-10;1-18-13(16)11(12(15)14(17)19-2)10-8-6-4-3-5-7-9-10/h10,19H,3-9H2,1-2H3,(H,15,16)(H,17,18);10-12,15H,3-9H2,1-2H3. The van der Waals surface area contributed by atoms with E-state index in [0.717, 1.165) is 77.6 Å². The summed E-state index contributed by atoms with van der Waals surface area (Å²) in [7, 11) is 2.49. The minimum absolute atomic E-state index is 0.0122. The number of esters is 2. The van der Waals surface area contributed by atoms with Crippen molar-refractivity contribution in [3.05, 3.63) is 0 Å². The molecule has 0 bridgehead atoms. The van der Waals surface area contributed by atoms with Gasteiger partial charge in [-0.05, 0) is 51.4 Å². The first kappa shape index (κ1) is 33.8. The lowest BCUT2D eigenvalue weighted by Gasteiger charge is -2.42. The first-order chi connectivity index (χ1) is 17.9. The molecule has 4 atom stereocenters. The Balaban J connectivity index is 0.000000380. The van der Waals surface area contributed by atoms with Crippen LogP contribution in [0.25, 0.3) is 0 Å². The Kier molecular flexibility index (Phi) is 14.3. The highest BCUT2D eigenvalue weighted by atomic mass is 16.5. The Morgan fingerprint density at radius 3 is 1.45 bits per heavy atom. The van der Waals surface area contributed by atoms with E-state index in [1.165, 1.54) is 27.6 Å². The number of methoxy groups -OCH3 is 2. The first-order valence-corrected chi connectivity index (χ1v) is 13.9. The lowest BCUT2D eigenvalue weighted by Crippen LogP contribution is -2.58. The van der Waals surface area contributed by atoms with Gasteiger partial charge in [-0.2, -0.15) is 0 Å². The molecule has 10 nitrogen and oxygen atoms in total. The maximum Gasteiger partial charge on any atom is 0.336 e. The topological polar surface area (TPSA) is 168 Å². The van der Waals surface area contributed by atoms with Crippen molar-refractivity contribution in [2.75, 3.05) is 14.2 Å². The molecule has 220 valence electrons. The molecule has 0 amide bonds. The Morgan fingerprint density at radius 1 is 0.684 bits per heavy atom. The fourth-order valence-corrected chi connectivity index (χ4v) is 5.87. The second kappa shape index (κ2) is 16.0. The van der Waals surface area contributed by atoms with E-state index < -0.39 is 46.9 Å². The number of ether oxygens (including phenoxy) is 2. The maximum atomic E-state index is 11.9. The summed E-state index contributed by atoms with van der Waals surface area (Å²) in [4.78, 5) is 46.3. The van der Waals surface area contributed by atoms with Gasteiger partial charge in [0.1, 0.15) is 5.41 Å². The van der Waals surface area contributed by atoms with Gasteiger partial charge < -0.3 is 29.9 Å². The van der Waals surface area contributed by atoms with Crippen LogP contribution in [0, 0.1) is 23.2 Å². The van der Waals surface area contributed by atoms with Gasteiger partial charge in [-0.1, -0.05) is 64.2 Å². The smallest absolute Gasteiger partial charge is 0.336 e. The van der Waals surface area contributed by atoms with Crippen molar-refractivity contribution in [3.63, 3.8) is 0 Å². The van der Waals surface area contributed by atoms with Crippen molar-refractivity contribution in [3.8, 4) is 0 Å². The van der Waals surface area contributed by atoms with Crippen molar-refractivity contribution in [1.82, 2.24) is 0 Å². The molecule has 2 rings (SSSR count). The van der Waals surface area contributed by atoms with E-state index in [-0.39, 0.29) is 11.8 Å². The van der Waals surface area contributed by atoms with Crippen LogP contribution in [0.1, 0.15) is 104 Å². The van der Waals surface area contributed by atoms with Crippen molar-refractivity contribution in [2.45, 2.75) is 115 Å². The molecule has 0 heterocycles. The van der Waals surface area contributed by atoms with Gasteiger partial charge in [-0.15, -0.1) is 0 Å². The monoisotopic (exact) mass is 544 g/mol. The van der Waals surface area contributed by atoms with E-state index in [4.69, 9.17) is 9.84 Å². The Bertz CT molecular complexity index is 764. The summed E-state index contributed by atoms with van der Waals surface area (Å²) in [6.45, 7) is 2.47. The third-order valence-electron chi connectivity index (χ3n) is 8.71. The lowest BCUT2D eigenvalue weighted by molar-refractivity contribution is -0.192. The van der Waals surface area contributed by atoms with Crippen LogP contribution in [-0.2, 0) is 28.7 Å². The number of hydrogen-bond acceptors (Lipinski definition) is 8. The molecule has 0 spiro atoms. The summed E-state index contributed by atoms with van der Waals surface area (Å²) in [6.07, 6.45) is 12.1. The first-order valence-electron chi connectivity index (χ1n) is 13.9. The minimum atomic E-state index is -2.26. The predicted molar refractivity (Wildman–Crippen MR) is 139 cm³/mol. The zero-order valence-electron chi connectivity index (χ0n) is 23.4. The van der Waals surface area contributed by atoms with Gasteiger partial charge in [-0.3, -0.25) is 9.59 Å². The average molecular weight is 545 g/mol. The van der Waals surface area contributed by atoms with E-state index in [2.05, 4.69) is 4.74 Å². The molecule has 2 fully saturated rings. The normalized spacial score (nSPS) is 22.7. The molecule has 0 aromatic heterocycles. The highest BCUT2D eigenvalue weighted by Gasteiger charge is 2.58. The molecular formula is C28H48O10. The third kappa shape index (κ3) is 8.66. The molecule has 0 aromatic carbocycles. The number of carbonyl (C=O) groups excluding carboxylic acids is 2. The van der Waals surface area contributed by atoms with E-state index in [1.54, 1.807) is 0 Å². The fraction of sp³-hybridized carbons (Fsp3) is 0.857. The SMILES string of the molecule is CC(O)(C(=O)O)C(C)(C(=O)O)C1CCCCCCC1.COC(=O)C(O)C(C(=O)OC)C1CCCCCCC1. The van der Waals surface area contributed by atoms with E-state index in [9.17, 15) is 34.5 Å². The van der Waals surface area contributed by atoms with E-state index >= 15 is 0 Å². The van der Waals surface area contributed by atoms with Gasteiger partial charge in [0.05, 0.1) is 20.1 Å². The van der Waals surface area contributed by atoms with Gasteiger partial charge in [-0.25, -0.2) is 9.59 Å². The second-order valence-electron chi connectivity index (χ2n) is 11.0. The van der Waals surface area contributed by atoms with Crippen LogP contribution in [0.4, 0.5) is 0 Å². The Labute approximate surface area is 226 Å². The molecule has 10 heteroatoms. The zero-order chi connectivity index (χ0) is 28.9. The lowest BCUT2D eigenvalue weighted by atomic mass is 9.62. The minimum Gasteiger partial charge on any atom is -0.481 e. The zero-order valence-corrected chi connectivity index (χ0v) is 23.4. The molecule has 0 radical (unpaired) electrons. The second-order valence-corrected chi connectivity index (χ2v) is 11.0. The number of carboxylic acids is 2. The number of carbonyl (C=O) groups is 4. The summed E-state index contributed by atoms with van der Waals surface area (Å²) < 4.78 is 9.28. The Hall–Kier alpha value is -2.20. The van der Waals surface area contributed by atoms with Crippen LogP contribution >= 0.6 is 0 Å². The number of carboxylic acid groups (broad SMARTS) is 2. The highest BCUT2D eigenvalue weighted by molar-refractivity contribution is 5.88. The number of aliphatic hydroxyl groups is 2. The van der Waals surface area contributed by atoms with Gasteiger partial charge in [0.15, 0.2) is 11.7 Å². The predicted octanol–water partition coefficient (Wildman–Crippen LogP) is 3.94. The van der Waals surface area contributed by atoms with Crippen molar-refractivity contribution >= 4 is 23.9 Å². The Morgan fingerprint density at radius 2 is 1.08 bits per heavy atom. The quantitative estimate of drug-likeness (QED) is 0.328. The largest absolute Gasteiger partial charge is 0.481 e. The molecule has 4 unspecified atom stereocenters. The molecule has 0 aliphatic heterocycles. The van der Waals surface area contributed by atoms with E-state index in [0.29, 0.717) is 12.8 Å². The molecule has 2 aliphatic carbocycles. The fourth-order valence-electron chi connectivity index (χ4n) is 5.87. The highest BCUT2D eigenvalue weighted by Crippen LogP contribution is 2.45. The maximum absolute atomic E-state index is 11.9. The molecule has 2 saturated carbocycles. The summed E-state index contributed by atoms with van der Waals surface area (Å²) in [5, 5.41) is 38.9. The third-order valence-corrected chi connectivity index (χ3v) is 8.71. The van der Waals surface area contributed by atoms with Crippen LogP contribution in [0.2, 0.25) is 0 Å². The molecule has 0 aromatic rings. The van der Waals surface area contributed by atoms with Crippen LogP contribution in [-0.4, -0.2) is 70.2 Å². The van der Waals surface area contributed by atoms with Crippen molar-refractivity contribution in [1.29, 1.82) is 0 Å². The molecule has 4 N–H and O–H groups in total.